The molecule has 0 bridgehead atoms. The summed E-state index contributed by atoms with van der Waals surface area (Å²) in [5.41, 5.74) is 0. The number of thioether (sulfide) groups is 1. The minimum absolute atomic E-state index is 0. The molecule has 3 nitrogen and oxygen atoms in total. The minimum atomic E-state index is 0. The highest BCUT2D eigenvalue weighted by Gasteiger charge is 2.15. The smallest absolute Gasteiger partial charge is 0.230 e. The number of carbonyl (C=O) groups excluding carboxylic acids is 1. The Morgan fingerprint density at radius 3 is 3.00 bits per heavy atom. The molecule has 1 aliphatic rings. The van der Waals surface area contributed by atoms with Crippen molar-refractivity contribution in [2.45, 2.75) is 25.8 Å². The number of hydrogen-bond acceptors (Lipinski definition) is 3. The molecule has 5 heteroatoms. The predicted molar refractivity (Wildman–Crippen MR) is 64.3 cm³/mol. The van der Waals surface area contributed by atoms with Gasteiger partial charge in [-0.2, -0.15) is 11.8 Å². The van der Waals surface area contributed by atoms with Gasteiger partial charge in [0.2, 0.25) is 5.91 Å². The van der Waals surface area contributed by atoms with Crippen LogP contribution in [-0.2, 0) is 4.79 Å². The summed E-state index contributed by atoms with van der Waals surface area (Å²) in [5.74, 6) is 1.88. The van der Waals surface area contributed by atoms with Crippen LogP contribution >= 0.6 is 24.2 Å². The van der Waals surface area contributed by atoms with Gasteiger partial charge in [-0.3, -0.25) is 4.79 Å². The number of amides is 1. The van der Waals surface area contributed by atoms with Crippen molar-refractivity contribution >= 4 is 30.1 Å². The summed E-state index contributed by atoms with van der Waals surface area (Å²) in [6.45, 7) is 4.10. The van der Waals surface area contributed by atoms with Crippen molar-refractivity contribution < 1.29 is 4.79 Å². The van der Waals surface area contributed by atoms with Gasteiger partial charge < -0.3 is 10.6 Å². The summed E-state index contributed by atoms with van der Waals surface area (Å²) in [6, 6.07) is 0.370. The summed E-state index contributed by atoms with van der Waals surface area (Å²) in [5, 5.41) is 6.24. The van der Waals surface area contributed by atoms with Gasteiger partial charge in [-0.05, 0) is 25.1 Å². The van der Waals surface area contributed by atoms with Gasteiger partial charge in [0.05, 0.1) is 5.75 Å². The second-order valence-electron chi connectivity index (χ2n) is 3.31. The van der Waals surface area contributed by atoms with E-state index < -0.39 is 0 Å². The molecular weight excluding hydrogens is 220 g/mol. The number of halogens is 1. The van der Waals surface area contributed by atoms with E-state index in [-0.39, 0.29) is 18.3 Å². The molecule has 1 fully saturated rings. The predicted octanol–water partition coefficient (Wildman–Crippen LogP) is 1.03. The first-order valence-electron chi connectivity index (χ1n) is 4.90. The van der Waals surface area contributed by atoms with Crippen LogP contribution in [0.4, 0.5) is 0 Å². The highest BCUT2D eigenvalue weighted by molar-refractivity contribution is 7.99. The lowest BCUT2D eigenvalue weighted by Crippen LogP contribution is -2.37. The molecule has 1 aliphatic heterocycles. The van der Waals surface area contributed by atoms with Gasteiger partial charge >= 0.3 is 0 Å². The van der Waals surface area contributed by atoms with Crippen LogP contribution in [0.3, 0.4) is 0 Å². The zero-order chi connectivity index (χ0) is 9.52. The molecule has 1 atom stereocenters. The van der Waals surface area contributed by atoms with E-state index in [1.54, 1.807) is 11.8 Å². The molecule has 1 amide bonds. The normalized spacial score (nSPS) is 20.2. The van der Waals surface area contributed by atoms with Gasteiger partial charge in [0.1, 0.15) is 0 Å². The highest BCUT2D eigenvalue weighted by atomic mass is 35.5. The van der Waals surface area contributed by atoms with E-state index in [4.69, 9.17) is 0 Å². The van der Waals surface area contributed by atoms with E-state index in [0.717, 1.165) is 31.7 Å². The van der Waals surface area contributed by atoms with E-state index in [1.165, 1.54) is 0 Å². The molecule has 0 saturated carbocycles. The summed E-state index contributed by atoms with van der Waals surface area (Å²) in [7, 11) is 0. The quantitative estimate of drug-likeness (QED) is 0.703. The zero-order valence-electron chi connectivity index (χ0n) is 8.54. The summed E-state index contributed by atoms with van der Waals surface area (Å²) >= 11 is 1.71. The molecule has 0 aromatic carbocycles. The molecule has 14 heavy (non-hydrogen) atoms. The third-order valence-electron chi connectivity index (χ3n) is 2.01. The van der Waals surface area contributed by atoms with Crippen LogP contribution in [0.15, 0.2) is 0 Å². The molecule has 1 saturated heterocycles. The minimum Gasteiger partial charge on any atom is -0.351 e. The molecule has 84 valence electrons. The van der Waals surface area contributed by atoms with Crippen molar-refractivity contribution in [2.75, 3.05) is 24.6 Å². The topological polar surface area (TPSA) is 41.1 Å². The zero-order valence-corrected chi connectivity index (χ0v) is 10.2. The molecule has 1 heterocycles. The second kappa shape index (κ2) is 8.38. The van der Waals surface area contributed by atoms with Gasteiger partial charge in [0, 0.05) is 12.6 Å². The van der Waals surface area contributed by atoms with Gasteiger partial charge in [-0.1, -0.05) is 6.92 Å². The monoisotopic (exact) mass is 238 g/mol. The number of rotatable bonds is 5. The number of hydrogen-bond donors (Lipinski definition) is 2. The third-order valence-corrected chi connectivity index (χ3v) is 3.17. The Bertz CT molecular complexity index is 163. The fourth-order valence-electron chi connectivity index (χ4n) is 1.36. The lowest BCUT2D eigenvalue weighted by molar-refractivity contribution is -0.119. The van der Waals surface area contributed by atoms with Crippen LogP contribution in [0.1, 0.15) is 19.8 Å². The van der Waals surface area contributed by atoms with Crippen LogP contribution in [0, 0.1) is 0 Å². The maximum absolute atomic E-state index is 11.3. The van der Waals surface area contributed by atoms with E-state index in [2.05, 4.69) is 17.6 Å². The Hall–Kier alpha value is 0.0700. The molecule has 0 aromatic heterocycles. The first-order chi connectivity index (χ1) is 6.33. The first-order valence-corrected chi connectivity index (χ1v) is 6.06. The largest absolute Gasteiger partial charge is 0.351 e. The maximum Gasteiger partial charge on any atom is 0.230 e. The molecule has 1 unspecified atom stereocenters. The van der Waals surface area contributed by atoms with Gasteiger partial charge in [-0.15, -0.1) is 12.4 Å². The highest BCUT2D eigenvalue weighted by Crippen LogP contribution is 2.02. The summed E-state index contributed by atoms with van der Waals surface area (Å²) in [4.78, 5) is 11.3. The lowest BCUT2D eigenvalue weighted by Gasteiger charge is -2.10. The molecular formula is C9H19ClN2OS. The second-order valence-corrected chi connectivity index (χ2v) is 4.41. The Balaban J connectivity index is 0.00000169. The Morgan fingerprint density at radius 2 is 2.43 bits per heavy atom. The molecule has 0 aromatic rings. The van der Waals surface area contributed by atoms with E-state index in [1.807, 2.05) is 0 Å². The summed E-state index contributed by atoms with van der Waals surface area (Å²) < 4.78 is 0. The molecule has 2 N–H and O–H groups in total. The van der Waals surface area contributed by atoms with Gasteiger partial charge in [0.15, 0.2) is 0 Å². The molecule has 1 rings (SSSR count). The fourth-order valence-corrected chi connectivity index (χ4v) is 2.06. The maximum atomic E-state index is 11.3. The number of nitrogens with one attached hydrogen (secondary N) is 2. The van der Waals surface area contributed by atoms with Crippen molar-refractivity contribution in [3.05, 3.63) is 0 Å². The average molecular weight is 239 g/mol. The summed E-state index contributed by atoms with van der Waals surface area (Å²) in [6.07, 6.45) is 2.22. The standard InChI is InChI=1S/C9H18N2OS.ClH/c1-2-5-13-7-9(12)11-8-3-4-10-6-8;/h8,10H,2-7H2,1H3,(H,11,12);1H. The van der Waals surface area contributed by atoms with E-state index in [0.29, 0.717) is 11.8 Å². The average Bonchev–Trinajstić information content (AvgIpc) is 2.57. The van der Waals surface area contributed by atoms with Crippen LogP contribution in [0.25, 0.3) is 0 Å². The van der Waals surface area contributed by atoms with E-state index in [9.17, 15) is 4.79 Å². The fraction of sp³-hybridized carbons (Fsp3) is 0.889. The number of carbonyl (C=O) groups is 1. The van der Waals surface area contributed by atoms with Crippen LogP contribution in [-0.4, -0.2) is 36.5 Å². The van der Waals surface area contributed by atoms with Crippen molar-refractivity contribution in [3.8, 4) is 0 Å². The molecule has 0 radical (unpaired) electrons. The van der Waals surface area contributed by atoms with Crippen LogP contribution < -0.4 is 10.6 Å². The Labute approximate surface area is 96.2 Å². The lowest BCUT2D eigenvalue weighted by atomic mass is 10.3. The van der Waals surface area contributed by atoms with Gasteiger partial charge in [-0.25, -0.2) is 0 Å². The molecule has 0 aliphatic carbocycles. The van der Waals surface area contributed by atoms with Crippen molar-refractivity contribution in [2.24, 2.45) is 0 Å². The van der Waals surface area contributed by atoms with Crippen LogP contribution in [0.5, 0.6) is 0 Å². The van der Waals surface area contributed by atoms with Gasteiger partial charge in [0.25, 0.3) is 0 Å². The SMILES string of the molecule is CCCSCC(=O)NC1CCNC1.Cl. The Kier molecular flexibility index (Phi) is 8.43. The van der Waals surface area contributed by atoms with Crippen molar-refractivity contribution in [3.63, 3.8) is 0 Å². The first kappa shape index (κ1) is 14.1. The van der Waals surface area contributed by atoms with Crippen LogP contribution in [0.2, 0.25) is 0 Å². The third kappa shape index (κ3) is 5.73. The Morgan fingerprint density at radius 1 is 1.64 bits per heavy atom. The molecule has 0 spiro atoms. The van der Waals surface area contributed by atoms with Crippen molar-refractivity contribution in [1.29, 1.82) is 0 Å². The van der Waals surface area contributed by atoms with Crippen molar-refractivity contribution in [1.82, 2.24) is 10.6 Å². The van der Waals surface area contributed by atoms with E-state index >= 15 is 0 Å².